The Morgan fingerprint density at radius 1 is 1.53 bits per heavy atom. The Balaban J connectivity index is 2.29. The van der Waals surface area contributed by atoms with Crippen molar-refractivity contribution in [3.63, 3.8) is 0 Å². The van der Waals surface area contributed by atoms with E-state index in [1.54, 1.807) is 19.3 Å². The number of hydrogen-bond donors (Lipinski definition) is 3. The number of nitrogens with two attached hydrogens (primary N) is 2. The van der Waals surface area contributed by atoms with Crippen LogP contribution < -0.4 is 17.0 Å². The third kappa shape index (κ3) is 2.86. The lowest BCUT2D eigenvalue weighted by molar-refractivity contribution is 0.530. The third-order valence-corrected chi connectivity index (χ3v) is 3.26. The van der Waals surface area contributed by atoms with Crippen molar-refractivity contribution in [3.8, 4) is 0 Å². The van der Waals surface area contributed by atoms with Gasteiger partial charge in [0.1, 0.15) is 11.6 Å². The number of halogens is 2. The molecule has 0 fully saturated rings. The summed E-state index contributed by atoms with van der Waals surface area (Å²) in [7, 11) is 1.73. The molecular formula is C12H15ClFN5. The molecule has 1 unspecified atom stereocenters. The lowest BCUT2D eigenvalue weighted by Gasteiger charge is -2.16. The number of nitrogen functional groups attached to an aromatic ring is 1. The Kier molecular flexibility index (Phi) is 4.04. The first-order valence-electron chi connectivity index (χ1n) is 5.70. The van der Waals surface area contributed by atoms with Crippen molar-refractivity contribution in [2.24, 2.45) is 12.9 Å². The summed E-state index contributed by atoms with van der Waals surface area (Å²) in [5, 5.41) is 4.52. The number of nitrogens with zero attached hydrogens (tertiary/aromatic N) is 2. The smallest absolute Gasteiger partial charge is 0.126 e. The standard InChI is InChI=1S/C12H15ClFN5/c1-19-12(15)9(6-17-19)11(18-16)5-7-4-8(13)2-3-10(7)14/h2-4,6,11,18H,5,15-16H2,1H3. The van der Waals surface area contributed by atoms with Crippen molar-refractivity contribution < 1.29 is 4.39 Å². The second kappa shape index (κ2) is 5.56. The van der Waals surface area contributed by atoms with E-state index < -0.39 is 0 Å². The van der Waals surface area contributed by atoms with Crippen LogP contribution in [0.5, 0.6) is 0 Å². The monoisotopic (exact) mass is 283 g/mol. The molecule has 2 rings (SSSR count). The van der Waals surface area contributed by atoms with E-state index in [4.69, 9.17) is 23.2 Å². The Hall–Kier alpha value is -1.63. The van der Waals surface area contributed by atoms with E-state index in [0.29, 0.717) is 22.8 Å². The van der Waals surface area contributed by atoms with Crippen LogP contribution >= 0.6 is 11.6 Å². The maximum atomic E-state index is 13.7. The van der Waals surface area contributed by atoms with E-state index in [1.165, 1.54) is 16.8 Å². The summed E-state index contributed by atoms with van der Waals surface area (Å²) < 4.78 is 15.2. The predicted octanol–water partition coefficient (Wildman–Crippen LogP) is 1.54. The molecule has 1 atom stereocenters. The fraction of sp³-hybridized carbons (Fsp3) is 0.250. The van der Waals surface area contributed by atoms with Gasteiger partial charge in [-0.2, -0.15) is 5.10 Å². The van der Waals surface area contributed by atoms with Crippen LogP contribution in [-0.4, -0.2) is 9.78 Å². The van der Waals surface area contributed by atoms with Crippen molar-refractivity contribution in [3.05, 3.63) is 46.4 Å². The first-order valence-corrected chi connectivity index (χ1v) is 6.08. The number of anilines is 1. The first kappa shape index (κ1) is 13.8. The molecule has 1 aromatic heterocycles. The fourth-order valence-corrected chi connectivity index (χ4v) is 2.11. The summed E-state index contributed by atoms with van der Waals surface area (Å²) in [4.78, 5) is 0. The highest BCUT2D eigenvalue weighted by Crippen LogP contribution is 2.25. The third-order valence-electron chi connectivity index (χ3n) is 3.02. The lowest BCUT2D eigenvalue weighted by atomic mass is 10.0. The topological polar surface area (TPSA) is 81.9 Å². The van der Waals surface area contributed by atoms with Gasteiger partial charge in [-0.05, 0) is 30.2 Å². The van der Waals surface area contributed by atoms with E-state index in [9.17, 15) is 4.39 Å². The Bertz CT molecular complexity index is 583. The van der Waals surface area contributed by atoms with Gasteiger partial charge >= 0.3 is 0 Å². The summed E-state index contributed by atoms with van der Waals surface area (Å²) in [5.41, 5.74) is 9.71. The molecule has 1 aromatic carbocycles. The number of hydrogen-bond acceptors (Lipinski definition) is 4. The average Bonchev–Trinajstić information content (AvgIpc) is 2.71. The second-order valence-electron chi connectivity index (χ2n) is 4.27. The molecule has 19 heavy (non-hydrogen) atoms. The minimum Gasteiger partial charge on any atom is -0.384 e. The SMILES string of the molecule is Cn1ncc(C(Cc2cc(Cl)ccc2F)NN)c1N. The summed E-state index contributed by atoms with van der Waals surface area (Å²) in [6, 6.07) is 4.08. The highest BCUT2D eigenvalue weighted by atomic mass is 35.5. The minimum absolute atomic E-state index is 0.327. The normalized spacial score (nSPS) is 12.6. The van der Waals surface area contributed by atoms with Crippen LogP contribution in [0.15, 0.2) is 24.4 Å². The minimum atomic E-state index is -0.332. The number of benzene rings is 1. The Morgan fingerprint density at radius 2 is 2.26 bits per heavy atom. The summed E-state index contributed by atoms with van der Waals surface area (Å²) >= 11 is 5.87. The number of rotatable bonds is 4. The van der Waals surface area contributed by atoms with Crippen molar-refractivity contribution in [1.29, 1.82) is 0 Å². The highest BCUT2D eigenvalue weighted by molar-refractivity contribution is 6.30. The van der Waals surface area contributed by atoms with Gasteiger partial charge in [0, 0.05) is 17.6 Å². The molecule has 0 spiro atoms. The van der Waals surface area contributed by atoms with Crippen LogP contribution in [0.1, 0.15) is 17.2 Å². The van der Waals surface area contributed by atoms with E-state index in [1.807, 2.05) is 0 Å². The predicted molar refractivity (Wildman–Crippen MR) is 72.8 cm³/mol. The largest absolute Gasteiger partial charge is 0.384 e. The Morgan fingerprint density at radius 3 is 2.84 bits per heavy atom. The van der Waals surface area contributed by atoms with Crippen LogP contribution in [0, 0.1) is 5.82 Å². The molecular weight excluding hydrogens is 269 g/mol. The van der Waals surface area contributed by atoms with Gasteiger partial charge in [-0.3, -0.25) is 16.0 Å². The average molecular weight is 284 g/mol. The number of aromatic nitrogens is 2. The molecule has 0 aliphatic rings. The van der Waals surface area contributed by atoms with E-state index in [0.717, 1.165) is 5.56 Å². The van der Waals surface area contributed by atoms with Gasteiger partial charge in [-0.1, -0.05) is 11.6 Å². The zero-order chi connectivity index (χ0) is 14.0. The van der Waals surface area contributed by atoms with Gasteiger partial charge in [0.15, 0.2) is 0 Å². The van der Waals surface area contributed by atoms with Crippen molar-refractivity contribution >= 4 is 17.4 Å². The van der Waals surface area contributed by atoms with Crippen LogP contribution in [-0.2, 0) is 13.5 Å². The molecule has 0 aliphatic heterocycles. The molecule has 0 saturated heterocycles. The zero-order valence-corrected chi connectivity index (χ0v) is 11.2. The van der Waals surface area contributed by atoms with Gasteiger partial charge in [-0.15, -0.1) is 0 Å². The number of hydrazine groups is 1. The zero-order valence-electron chi connectivity index (χ0n) is 10.4. The maximum Gasteiger partial charge on any atom is 0.126 e. The van der Waals surface area contributed by atoms with Gasteiger partial charge < -0.3 is 5.73 Å². The number of nitrogens with one attached hydrogen (secondary N) is 1. The van der Waals surface area contributed by atoms with E-state index in [2.05, 4.69) is 10.5 Å². The lowest BCUT2D eigenvalue weighted by Crippen LogP contribution is -2.30. The van der Waals surface area contributed by atoms with Gasteiger partial charge in [0.2, 0.25) is 0 Å². The molecule has 5 nitrogen and oxygen atoms in total. The summed E-state index contributed by atoms with van der Waals surface area (Å²) in [6.07, 6.45) is 1.95. The fourth-order valence-electron chi connectivity index (χ4n) is 1.91. The van der Waals surface area contributed by atoms with Crippen LogP contribution in [0.25, 0.3) is 0 Å². The second-order valence-corrected chi connectivity index (χ2v) is 4.70. The number of aryl methyl sites for hydroxylation is 1. The highest BCUT2D eigenvalue weighted by Gasteiger charge is 2.18. The molecule has 0 saturated carbocycles. The van der Waals surface area contributed by atoms with Gasteiger partial charge in [0.05, 0.1) is 12.2 Å². The summed E-state index contributed by atoms with van der Waals surface area (Å²) in [5.74, 6) is 5.69. The van der Waals surface area contributed by atoms with Crippen LogP contribution in [0.2, 0.25) is 5.02 Å². The molecule has 102 valence electrons. The van der Waals surface area contributed by atoms with Crippen LogP contribution in [0.4, 0.5) is 10.2 Å². The molecule has 0 radical (unpaired) electrons. The quantitative estimate of drug-likeness (QED) is 0.587. The summed E-state index contributed by atoms with van der Waals surface area (Å²) in [6.45, 7) is 0. The molecule has 0 amide bonds. The molecule has 0 bridgehead atoms. The first-order chi connectivity index (χ1) is 9.02. The molecule has 1 heterocycles. The van der Waals surface area contributed by atoms with E-state index in [-0.39, 0.29) is 11.9 Å². The molecule has 0 aliphatic carbocycles. The molecule has 5 N–H and O–H groups in total. The van der Waals surface area contributed by atoms with Crippen molar-refractivity contribution in [2.45, 2.75) is 12.5 Å². The van der Waals surface area contributed by atoms with E-state index >= 15 is 0 Å². The van der Waals surface area contributed by atoms with Gasteiger partial charge in [-0.25, -0.2) is 4.39 Å². The molecule has 7 heteroatoms. The van der Waals surface area contributed by atoms with Crippen molar-refractivity contribution in [2.75, 3.05) is 5.73 Å². The molecule has 2 aromatic rings. The van der Waals surface area contributed by atoms with Crippen LogP contribution in [0.3, 0.4) is 0 Å². The van der Waals surface area contributed by atoms with Gasteiger partial charge in [0.25, 0.3) is 0 Å². The maximum absolute atomic E-state index is 13.7. The van der Waals surface area contributed by atoms with Crippen molar-refractivity contribution in [1.82, 2.24) is 15.2 Å². The Labute approximate surface area is 115 Å².